The van der Waals surface area contributed by atoms with Gasteiger partial charge in [-0.2, -0.15) is 0 Å². The van der Waals surface area contributed by atoms with Crippen molar-refractivity contribution in [3.05, 3.63) is 106 Å². The summed E-state index contributed by atoms with van der Waals surface area (Å²) in [5, 5.41) is 13.1. The molecule has 1 atom stereocenters. The third-order valence-electron chi connectivity index (χ3n) is 6.52. The lowest BCUT2D eigenvalue weighted by Gasteiger charge is -2.18. The Balaban J connectivity index is 1.36. The summed E-state index contributed by atoms with van der Waals surface area (Å²) in [4.78, 5) is 50.5. The van der Waals surface area contributed by atoms with Crippen LogP contribution in [0.5, 0.6) is 5.75 Å². The molecule has 0 bridgehead atoms. The number of urea groups is 1. The summed E-state index contributed by atoms with van der Waals surface area (Å²) in [6.45, 7) is 1.90. The van der Waals surface area contributed by atoms with Gasteiger partial charge in [0.05, 0.1) is 43.7 Å². The molecule has 1 aromatic heterocycles. The predicted octanol–water partition coefficient (Wildman–Crippen LogP) is 5.92. The minimum absolute atomic E-state index is 0.0421. The predicted molar refractivity (Wildman–Crippen MR) is 167 cm³/mol. The van der Waals surface area contributed by atoms with E-state index in [4.69, 9.17) is 9.47 Å². The molecule has 3 aromatic carbocycles. The fourth-order valence-corrected chi connectivity index (χ4v) is 4.89. The van der Waals surface area contributed by atoms with Gasteiger partial charge in [-0.15, -0.1) is 11.3 Å². The van der Waals surface area contributed by atoms with Crippen LogP contribution in [0.1, 0.15) is 38.8 Å². The largest absolute Gasteiger partial charge is 0.495 e. The van der Waals surface area contributed by atoms with Crippen molar-refractivity contribution in [1.82, 2.24) is 5.32 Å². The number of carbonyl (C=O) groups is 4. The van der Waals surface area contributed by atoms with Crippen molar-refractivity contribution < 1.29 is 28.7 Å². The van der Waals surface area contributed by atoms with E-state index in [-0.39, 0.29) is 24.7 Å². The zero-order valence-electron chi connectivity index (χ0n) is 23.9. The first-order valence-corrected chi connectivity index (χ1v) is 14.2. The van der Waals surface area contributed by atoms with E-state index in [1.54, 1.807) is 60.0 Å². The molecular formula is C32H32N4O6S. The summed E-state index contributed by atoms with van der Waals surface area (Å²) in [5.41, 5.74) is 4.01. The molecule has 11 heteroatoms. The van der Waals surface area contributed by atoms with Crippen LogP contribution in [0.2, 0.25) is 0 Å². The summed E-state index contributed by atoms with van der Waals surface area (Å²) >= 11 is 1.30. The Morgan fingerprint density at radius 2 is 1.58 bits per heavy atom. The molecular weight excluding hydrogens is 568 g/mol. The topological polar surface area (TPSA) is 135 Å². The molecule has 0 radical (unpaired) electrons. The second-order valence-electron chi connectivity index (χ2n) is 9.56. The van der Waals surface area contributed by atoms with Crippen LogP contribution in [0.25, 0.3) is 0 Å². The van der Waals surface area contributed by atoms with Crippen molar-refractivity contribution in [1.29, 1.82) is 0 Å². The summed E-state index contributed by atoms with van der Waals surface area (Å²) in [6, 6.07) is 21.9. The van der Waals surface area contributed by atoms with Crippen LogP contribution in [-0.2, 0) is 20.7 Å². The van der Waals surface area contributed by atoms with E-state index in [1.807, 2.05) is 31.2 Å². The molecule has 0 aliphatic rings. The van der Waals surface area contributed by atoms with Crippen molar-refractivity contribution in [3.8, 4) is 5.75 Å². The van der Waals surface area contributed by atoms with Crippen molar-refractivity contribution >= 4 is 52.2 Å². The van der Waals surface area contributed by atoms with Crippen LogP contribution in [0.15, 0.2) is 84.2 Å². The van der Waals surface area contributed by atoms with Crippen molar-refractivity contribution in [2.75, 3.05) is 30.2 Å². The maximum Gasteiger partial charge on any atom is 0.323 e. The van der Waals surface area contributed by atoms with Crippen molar-refractivity contribution in [2.45, 2.75) is 25.8 Å². The van der Waals surface area contributed by atoms with Gasteiger partial charge in [0.1, 0.15) is 5.75 Å². The van der Waals surface area contributed by atoms with Gasteiger partial charge >= 0.3 is 12.0 Å². The zero-order chi connectivity index (χ0) is 30.8. The minimum atomic E-state index is -0.606. The number of hydrogen-bond donors (Lipinski definition) is 4. The van der Waals surface area contributed by atoms with Gasteiger partial charge in [-0.1, -0.05) is 42.5 Å². The Bertz CT molecular complexity index is 1590. The molecule has 0 saturated carbocycles. The number of methoxy groups -OCH3 is 2. The summed E-state index contributed by atoms with van der Waals surface area (Å²) in [7, 11) is 2.78. The number of esters is 1. The number of rotatable bonds is 11. The number of para-hydroxylation sites is 1. The van der Waals surface area contributed by atoms with Gasteiger partial charge in [-0.05, 0) is 65.4 Å². The lowest BCUT2D eigenvalue weighted by Crippen LogP contribution is -2.30. The molecule has 1 heterocycles. The first-order valence-electron chi connectivity index (χ1n) is 13.4. The molecule has 0 aliphatic heterocycles. The number of thiophene rings is 1. The van der Waals surface area contributed by atoms with Gasteiger partial charge in [0.15, 0.2) is 0 Å². The number of ether oxygens (including phenoxy) is 2. The van der Waals surface area contributed by atoms with Gasteiger partial charge in [-0.25, -0.2) is 4.79 Å². The van der Waals surface area contributed by atoms with Crippen molar-refractivity contribution in [2.24, 2.45) is 0 Å². The number of amides is 4. The van der Waals surface area contributed by atoms with E-state index in [2.05, 4.69) is 21.3 Å². The molecule has 43 heavy (non-hydrogen) atoms. The van der Waals surface area contributed by atoms with E-state index in [9.17, 15) is 19.2 Å². The standard InChI is InChI=1S/C32H32N4O6S/c1-20-7-4-5-8-24(20)35-32(40)36-25-15-10-21(17-27(25)41-2)18-29(37)33-23-13-11-22(12-14-23)26(19-30(38)42-3)34-31(39)28-9-6-16-43-28/h4-17,26H,18-19H2,1-3H3,(H,33,37)(H,34,39)(H2,35,36,40). The third kappa shape index (κ3) is 8.66. The molecule has 0 fully saturated rings. The molecule has 10 nitrogen and oxygen atoms in total. The number of benzene rings is 3. The van der Waals surface area contributed by atoms with Gasteiger partial charge in [0, 0.05) is 11.4 Å². The Kier molecular flexibility index (Phi) is 10.5. The molecule has 0 aliphatic carbocycles. The van der Waals surface area contributed by atoms with E-state index in [0.717, 1.165) is 5.56 Å². The fourth-order valence-electron chi connectivity index (χ4n) is 4.27. The monoisotopic (exact) mass is 600 g/mol. The van der Waals surface area contributed by atoms with Crippen LogP contribution in [0.3, 0.4) is 0 Å². The Morgan fingerprint density at radius 1 is 0.837 bits per heavy atom. The molecule has 222 valence electrons. The van der Waals surface area contributed by atoms with Crippen LogP contribution in [0.4, 0.5) is 21.9 Å². The Hall–Kier alpha value is -5.16. The highest BCUT2D eigenvalue weighted by atomic mass is 32.1. The molecule has 0 spiro atoms. The molecule has 0 saturated heterocycles. The molecule has 1 unspecified atom stereocenters. The first kappa shape index (κ1) is 30.8. The van der Waals surface area contributed by atoms with Gasteiger partial charge in [-0.3, -0.25) is 14.4 Å². The van der Waals surface area contributed by atoms with Gasteiger partial charge in [0.2, 0.25) is 5.91 Å². The number of aryl methyl sites for hydroxylation is 1. The van der Waals surface area contributed by atoms with E-state index in [1.165, 1.54) is 25.6 Å². The van der Waals surface area contributed by atoms with Crippen LogP contribution >= 0.6 is 11.3 Å². The highest BCUT2D eigenvalue weighted by Gasteiger charge is 2.20. The Labute approximate surface area is 253 Å². The molecule has 4 N–H and O–H groups in total. The average molecular weight is 601 g/mol. The van der Waals surface area contributed by atoms with E-state index < -0.39 is 18.0 Å². The number of nitrogens with one attached hydrogen (secondary N) is 4. The maximum atomic E-state index is 12.8. The lowest BCUT2D eigenvalue weighted by atomic mass is 10.0. The summed E-state index contributed by atoms with van der Waals surface area (Å²) in [5.74, 6) is -0.594. The first-order chi connectivity index (χ1) is 20.7. The molecule has 4 aromatic rings. The zero-order valence-corrected chi connectivity index (χ0v) is 24.7. The van der Waals surface area contributed by atoms with Crippen LogP contribution in [-0.4, -0.2) is 38.0 Å². The van der Waals surface area contributed by atoms with Gasteiger partial charge in [0.25, 0.3) is 5.91 Å². The normalized spacial score (nSPS) is 11.1. The highest BCUT2D eigenvalue weighted by Crippen LogP contribution is 2.27. The Morgan fingerprint density at radius 3 is 2.26 bits per heavy atom. The third-order valence-corrected chi connectivity index (χ3v) is 7.39. The van der Waals surface area contributed by atoms with Crippen LogP contribution < -0.4 is 26.0 Å². The fraction of sp³-hybridized carbons (Fsp3) is 0.188. The number of carbonyl (C=O) groups excluding carboxylic acids is 4. The minimum Gasteiger partial charge on any atom is -0.495 e. The van der Waals surface area contributed by atoms with Crippen molar-refractivity contribution in [3.63, 3.8) is 0 Å². The number of hydrogen-bond acceptors (Lipinski definition) is 7. The quantitative estimate of drug-likeness (QED) is 0.158. The smallest absolute Gasteiger partial charge is 0.323 e. The van der Waals surface area contributed by atoms with Gasteiger partial charge < -0.3 is 30.7 Å². The van der Waals surface area contributed by atoms with E-state index >= 15 is 0 Å². The highest BCUT2D eigenvalue weighted by molar-refractivity contribution is 7.12. The van der Waals surface area contributed by atoms with Crippen LogP contribution in [0, 0.1) is 6.92 Å². The molecule has 4 amide bonds. The maximum absolute atomic E-state index is 12.8. The summed E-state index contributed by atoms with van der Waals surface area (Å²) < 4.78 is 10.2. The SMILES string of the molecule is COC(=O)CC(NC(=O)c1cccs1)c1ccc(NC(=O)Cc2ccc(NC(=O)Nc3ccccc3C)c(OC)c2)cc1. The lowest BCUT2D eigenvalue weighted by molar-refractivity contribution is -0.141. The van der Waals surface area contributed by atoms with E-state index in [0.29, 0.717) is 38.8 Å². The summed E-state index contributed by atoms with van der Waals surface area (Å²) in [6.07, 6.45) is 0.0230. The number of anilines is 3. The average Bonchev–Trinajstić information content (AvgIpc) is 3.54. The molecule has 4 rings (SSSR count). The second-order valence-corrected chi connectivity index (χ2v) is 10.5. The second kappa shape index (κ2) is 14.6.